The first-order chi connectivity index (χ1) is 10.5. The summed E-state index contributed by atoms with van der Waals surface area (Å²) < 4.78 is 0. The van der Waals surface area contributed by atoms with Crippen molar-refractivity contribution in [3.05, 3.63) is 67.7 Å². The van der Waals surface area contributed by atoms with Gasteiger partial charge < -0.3 is 0 Å². The summed E-state index contributed by atoms with van der Waals surface area (Å²) in [5, 5.41) is 24.6. The van der Waals surface area contributed by atoms with Crippen molar-refractivity contribution in [2.75, 3.05) is 5.43 Å². The first-order valence-corrected chi connectivity index (χ1v) is 6.69. The highest BCUT2D eigenvalue weighted by atomic mass is 35.5. The maximum atomic E-state index is 11.0. The van der Waals surface area contributed by atoms with Crippen molar-refractivity contribution < 1.29 is 4.92 Å². The topological polar surface area (TPSA) is 91.3 Å². The molecule has 2 aromatic rings. The molecule has 0 heterocycles. The number of anilines is 1. The van der Waals surface area contributed by atoms with Gasteiger partial charge in [-0.1, -0.05) is 23.2 Å². The number of benzene rings is 2. The highest BCUT2D eigenvalue weighted by Crippen LogP contribution is 2.25. The molecule has 0 atom stereocenters. The van der Waals surface area contributed by atoms with E-state index in [2.05, 4.69) is 10.5 Å². The van der Waals surface area contributed by atoms with Crippen molar-refractivity contribution in [3.8, 4) is 6.07 Å². The minimum atomic E-state index is -0.588. The normalized spacial score (nSPS) is 10.4. The van der Waals surface area contributed by atoms with Gasteiger partial charge in [0, 0.05) is 16.1 Å². The van der Waals surface area contributed by atoms with Gasteiger partial charge in [-0.2, -0.15) is 10.4 Å². The molecule has 0 saturated carbocycles. The summed E-state index contributed by atoms with van der Waals surface area (Å²) in [5.41, 5.74) is 3.34. The zero-order valence-corrected chi connectivity index (χ0v) is 12.5. The number of hydrogen-bond acceptors (Lipinski definition) is 5. The van der Waals surface area contributed by atoms with Crippen LogP contribution in [0.1, 0.15) is 11.1 Å². The van der Waals surface area contributed by atoms with Crippen molar-refractivity contribution in [2.45, 2.75) is 0 Å². The smallest absolute Gasteiger partial charge is 0.272 e. The Morgan fingerprint density at radius 3 is 2.50 bits per heavy atom. The number of hydrogen-bond donors (Lipinski definition) is 1. The Morgan fingerprint density at radius 2 is 1.91 bits per heavy atom. The van der Waals surface area contributed by atoms with Crippen LogP contribution >= 0.6 is 23.2 Å². The molecule has 0 aromatic heterocycles. The van der Waals surface area contributed by atoms with Crippen LogP contribution in [0.5, 0.6) is 0 Å². The van der Waals surface area contributed by atoms with Gasteiger partial charge in [0.25, 0.3) is 5.69 Å². The maximum Gasteiger partial charge on any atom is 0.295 e. The van der Waals surface area contributed by atoms with Gasteiger partial charge in [0.05, 0.1) is 22.8 Å². The molecule has 0 radical (unpaired) electrons. The molecule has 0 spiro atoms. The zero-order chi connectivity index (χ0) is 16.1. The van der Waals surface area contributed by atoms with Crippen LogP contribution in [0.3, 0.4) is 0 Å². The monoisotopic (exact) mass is 334 g/mol. The molecular weight excluding hydrogens is 327 g/mol. The van der Waals surface area contributed by atoms with Crippen LogP contribution in [0.4, 0.5) is 11.4 Å². The van der Waals surface area contributed by atoms with Crippen LogP contribution in [0.2, 0.25) is 10.0 Å². The maximum absolute atomic E-state index is 11.0. The molecule has 0 amide bonds. The SMILES string of the molecule is N#Cc1ccc(NN=Cc2cc(Cl)cc(Cl)c2)c([N+](=O)[O-])c1. The zero-order valence-electron chi connectivity index (χ0n) is 11.0. The van der Waals surface area contributed by atoms with Crippen molar-refractivity contribution in [1.29, 1.82) is 5.26 Å². The third-order valence-electron chi connectivity index (χ3n) is 2.61. The average Bonchev–Trinajstić information content (AvgIpc) is 2.46. The quantitative estimate of drug-likeness (QED) is 0.514. The lowest BCUT2D eigenvalue weighted by molar-refractivity contribution is -0.384. The molecule has 0 saturated heterocycles. The molecule has 0 aliphatic heterocycles. The van der Waals surface area contributed by atoms with Crippen LogP contribution in [0.25, 0.3) is 0 Å². The third kappa shape index (κ3) is 3.95. The molecule has 0 unspecified atom stereocenters. The Labute approximate surface area is 135 Å². The van der Waals surface area contributed by atoms with Gasteiger partial charge in [-0.05, 0) is 35.9 Å². The molecule has 110 valence electrons. The van der Waals surface area contributed by atoms with Crippen molar-refractivity contribution in [3.63, 3.8) is 0 Å². The molecular formula is C14H8Cl2N4O2. The minimum Gasteiger partial charge on any atom is -0.272 e. The molecule has 1 N–H and O–H groups in total. The Hall–Kier alpha value is -2.62. The van der Waals surface area contributed by atoms with Gasteiger partial charge >= 0.3 is 0 Å². The Morgan fingerprint density at radius 1 is 1.23 bits per heavy atom. The number of nitro benzene ring substituents is 1. The molecule has 2 aromatic carbocycles. The Bertz CT molecular complexity index is 780. The van der Waals surface area contributed by atoms with Gasteiger partial charge in [0.1, 0.15) is 5.69 Å². The van der Waals surface area contributed by atoms with E-state index in [1.165, 1.54) is 24.4 Å². The van der Waals surface area contributed by atoms with E-state index < -0.39 is 4.92 Å². The lowest BCUT2D eigenvalue weighted by atomic mass is 10.2. The largest absolute Gasteiger partial charge is 0.295 e. The van der Waals surface area contributed by atoms with Gasteiger partial charge in [-0.25, -0.2) is 0 Å². The van der Waals surface area contributed by atoms with Gasteiger partial charge in [0.15, 0.2) is 0 Å². The van der Waals surface area contributed by atoms with Crippen molar-refractivity contribution in [2.24, 2.45) is 5.10 Å². The summed E-state index contributed by atoms with van der Waals surface area (Å²) in [5.74, 6) is 0. The van der Waals surface area contributed by atoms with E-state index >= 15 is 0 Å². The van der Waals surface area contributed by atoms with Crippen LogP contribution in [0, 0.1) is 21.4 Å². The molecule has 2 rings (SSSR count). The Balaban J connectivity index is 2.22. The molecule has 0 fully saturated rings. The highest BCUT2D eigenvalue weighted by molar-refractivity contribution is 6.35. The lowest BCUT2D eigenvalue weighted by Crippen LogP contribution is -1.97. The standard InChI is InChI=1S/C14H8Cl2N4O2/c15-11-3-10(4-12(16)6-11)8-18-19-13-2-1-9(7-17)5-14(13)20(21)22/h1-6,8,19H. The summed E-state index contributed by atoms with van der Waals surface area (Å²) in [4.78, 5) is 10.4. The van der Waals surface area contributed by atoms with Crippen LogP contribution < -0.4 is 5.43 Å². The van der Waals surface area contributed by atoms with E-state index in [0.29, 0.717) is 15.6 Å². The average molecular weight is 335 g/mol. The number of nitriles is 1. The van der Waals surface area contributed by atoms with Gasteiger partial charge in [0.2, 0.25) is 0 Å². The number of hydrazone groups is 1. The molecule has 8 heteroatoms. The van der Waals surface area contributed by atoms with Crippen molar-refractivity contribution >= 4 is 40.8 Å². The second-order valence-corrected chi connectivity index (χ2v) is 5.05. The van der Waals surface area contributed by atoms with E-state index in [4.69, 9.17) is 28.5 Å². The number of nitrogens with one attached hydrogen (secondary N) is 1. The second-order valence-electron chi connectivity index (χ2n) is 4.17. The van der Waals surface area contributed by atoms with Crippen LogP contribution in [0.15, 0.2) is 41.5 Å². The first kappa shape index (κ1) is 15.8. The number of nitrogens with zero attached hydrogens (tertiary/aromatic N) is 3. The molecule has 0 aliphatic carbocycles. The number of rotatable bonds is 4. The van der Waals surface area contributed by atoms with Crippen molar-refractivity contribution in [1.82, 2.24) is 0 Å². The number of halogens is 2. The van der Waals surface area contributed by atoms with Gasteiger partial charge in [-0.3, -0.25) is 15.5 Å². The minimum absolute atomic E-state index is 0.174. The molecule has 0 bridgehead atoms. The lowest BCUT2D eigenvalue weighted by Gasteiger charge is -2.02. The van der Waals surface area contributed by atoms with E-state index in [1.807, 2.05) is 6.07 Å². The van der Waals surface area contributed by atoms with E-state index in [-0.39, 0.29) is 16.9 Å². The summed E-state index contributed by atoms with van der Waals surface area (Å²) in [6.45, 7) is 0. The summed E-state index contributed by atoms with van der Waals surface area (Å²) in [6.07, 6.45) is 1.43. The summed E-state index contributed by atoms with van der Waals surface area (Å²) >= 11 is 11.7. The fraction of sp³-hybridized carbons (Fsp3) is 0. The van der Waals surface area contributed by atoms with E-state index in [9.17, 15) is 10.1 Å². The van der Waals surface area contributed by atoms with Crippen LogP contribution in [-0.4, -0.2) is 11.1 Å². The van der Waals surface area contributed by atoms with E-state index in [0.717, 1.165) is 0 Å². The molecule has 6 nitrogen and oxygen atoms in total. The predicted molar refractivity (Wildman–Crippen MR) is 85.5 cm³/mol. The van der Waals surface area contributed by atoms with Gasteiger partial charge in [-0.15, -0.1) is 0 Å². The molecule has 0 aliphatic rings. The predicted octanol–water partition coefficient (Wildman–Crippen LogP) is 4.22. The fourth-order valence-electron chi connectivity index (χ4n) is 1.67. The molecule has 22 heavy (non-hydrogen) atoms. The van der Waals surface area contributed by atoms with Crippen LogP contribution in [-0.2, 0) is 0 Å². The van der Waals surface area contributed by atoms with E-state index in [1.54, 1.807) is 18.2 Å². The second kappa shape index (κ2) is 6.89. The third-order valence-corrected chi connectivity index (χ3v) is 3.04. The number of nitro groups is 1. The Kier molecular flexibility index (Phi) is 4.94. The first-order valence-electron chi connectivity index (χ1n) is 5.93. The highest BCUT2D eigenvalue weighted by Gasteiger charge is 2.14. The summed E-state index contributed by atoms with van der Waals surface area (Å²) in [6, 6.07) is 10.8. The summed E-state index contributed by atoms with van der Waals surface area (Å²) in [7, 11) is 0. The fourth-order valence-corrected chi connectivity index (χ4v) is 2.22.